The van der Waals surface area contributed by atoms with Gasteiger partial charge in [-0.05, 0) is 55.5 Å². The normalized spacial score (nSPS) is 15.4. The van der Waals surface area contributed by atoms with Crippen LogP contribution in [0, 0.1) is 5.82 Å². The fourth-order valence-corrected chi connectivity index (χ4v) is 2.75. The van der Waals surface area contributed by atoms with Crippen LogP contribution < -0.4 is 4.74 Å². The van der Waals surface area contributed by atoms with E-state index in [0.717, 1.165) is 0 Å². The molecule has 1 atom stereocenters. The van der Waals surface area contributed by atoms with E-state index < -0.39 is 6.10 Å². The molecule has 136 valence electrons. The molecule has 1 fully saturated rings. The van der Waals surface area contributed by atoms with E-state index in [0.29, 0.717) is 43.2 Å². The van der Waals surface area contributed by atoms with Crippen molar-refractivity contribution in [1.29, 1.82) is 0 Å². The minimum Gasteiger partial charge on any atom is -0.481 e. The van der Waals surface area contributed by atoms with Gasteiger partial charge in [-0.15, -0.1) is 0 Å². The molecule has 0 radical (unpaired) electrons. The van der Waals surface area contributed by atoms with Gasteiger partial charge in [-0.1, -0.05) is 0 Å². The van der Waals surface area contributed by atoms with Gasteiger partial charge in [0, 0.05) is 24.2 Å². The molecule has 6 heteroatoms. The van der Waals surface area contributed by atoms with Gasteiger partial charge < -0.3 is 14.4 Å². The molecule has 1 aliphatic rings. The van der Waals surface area contributed by atoms with Crippen LogP contribution in [-0.2, 0) is 9.53 Å². The van der Waals surface area contributed by atoms with Crippen molar-refractivity contribution in [3.63, 3.8) is 0 Å². The van der Waals surface area contributed by atoms with Crippen LogP contribution in [0.25, 0.3) is 0 Å². The maximum absolute atomic E-state index is 13.0. The Hall–Kier alpha value is -2.73. The average Bonchev–Trinajstić information content (AvgIpc) is 2.68. The summed E-state index contributed by atoms with van der Waals surface area (Å²) in [5.74, 6) is -0.159. The van der Waals surface area contributed by atoms with Crippen molar-refractivity contribution < 1.29 is 23.5 Å². The van der Waals surface area contributed by atoms with Crippen LogP contribution >= 0.6 is 0 Å². The zero-order valence-corrected chi connectivity index (χ0v) is 14.5. The molecule has 1 saturated heterocycles. The van der Waals surface area contributed by atoms with Crippen LogP contribution in [0.4, 0.5) is 4.39 Å². The smallest absolute Gasteiger partial charge is 0.263 e. The monoisotopic (exact) mass is 357 g/mol. The molecule has 5 nitrogen and oxygen atoms in total. The SMILES string of the molecule is C[C@H](Oc1ccc(C(=O)c2ccc(F)cc2)cc1)C(=O)N1CCOCC1. The first-order chi connectivity index (χ1) is 12.5. The van der Waals surface area contributed by atoms with E-state index >= 15 is 0 Å². The third-order valence-electron chi connectivity index (χ3n) is 4.21. The summed E-state index contributed by atoms with van der Waals surface area (Å²) < 4.78 is 23.9. The molecular weight excluding hydrogens is 337 g/mol. The summed E-state index contributed by atoms with van der Waals surface area (Å²) in [7, 11) is 0. The number of carbonyl (C=O) groups is 2. The van der Waals surface area contributed by atoms with Gasteiger partial charge in [-0.3, -0.25) is 9.59 Å². The summed E-state index contributed by atoms with van der Waals surface area (Å²) in [5.41, 5.74) is 0.882. The molecule has 3 rings (SSSR count). The van der Waals surface area contributed by atoms with E-state index in [-0.39, 0.29) is 17.5 Å². The Morgan fingerprint density at radius 1 is 1.00 bits per heavy atom. The van der Waals surface area contributed by atoms with Crippen molar-refractivity contribution in [3.05, 3.63) is 65.5 Å². The Labute approximate surface area is 151 Å². The first kappa shape index (κ1) is 18.1. The number of halogens is 1. The Kier molecular flexibility index (Phi) is 5.63. The lowest BCUT2D eigenvalue weighted by molar-refractivity contribution is -0.142. The molecule has 0 saturated carbocycles. The van der Waals surface area contributed by atoms with Crippen molar-refractivity contribution in [2.75, 3.05) is 26.3 Å². The van der Waals surface area contributed by atoms with Crippen LogP contribution in [0.5, 0.6) is 5.75 Å². The number of hydrogen-bond donors (Lipinski definition) is 0. The van der Waals surface area contributed by atoms with Crippen molar-refractivity contribution in [1.82, 2.24) is 4.90 Å². The Bertz CT molecular complexity index is 767. The first-order valence-corrected chi connectivity index (χ1v) is 8.48. The van der Waals surface area contributed by atoms with Crippen LogP contribution in [0.2, 0.25) is 0 Å². The lowest BCUT2D eigenvalue weighted by Crippen LogP contribution is -2.46. The van der Waals surface area contributed by atoms with E-state index in [1.165, 1.54) is 24.3 Å². The molecule has 0 spiro atoms. The zero-order valence-electron chi connectivity index (χ0n) is 14.5. The zero-order chi connectivity index (χ0) is 18.5. The molecule has 1 heterocycles. The summed E-state index contributed by atoms with van der Waals surface area (Å²) in [5, 5.41) is 0. The molecule has 26 heavy (non-hydrogen) atoms. The Morgan fingerprint density at radius 3 is 2.12 bits per heavy atom. The minimum atomic E-state index is -0.619. The molecule has 0 aromatic heterocycles. The summed E-state index contributed by atoms with van der Waals surface area (Å²) >= 11 is 0. The van der Waals surface area contributed by atoms with Gasteiger partial charge in [-0.25, -0.2) is 4.39 Å². The van der Waals surface area contributed by atoms with E-state index in [2.05, 4.69) is 0 Å². The maximum Gasteiger partial charge on any atom is 0.263 e. The number of rotatable bonds is 5. The van der Waals surface area contributed by atoms with Gasteiger partial charge in [0.05, 0.1) is 13.2 Å². The molecule has 0 bridgehead atoms. The lowest BCUT2D eigenvalue weighted by atomic mass is 10.0. The van der Waals surface area contributed by atoms with E-state index in [9.17, 15) is 14.0 Å². The van der Waals surface area contributed by atoms with Crippen molar-refractivity contribution >= 4 is 11.7 Å². The van der Waals surface area contributed by atoms with Gasteiger partial charge in [0.2, 0.25) is 0 Å². The van der Waals surface area contributed by atoms with Crippen LogP contribution in [-0.4, -0.2) is 49.0 Å². The second kappa shape index (κ2) is 8.10. The topological polar surface area (TPSA) is 55.8 Å². The van der Waals surface area contributed by atoms with E-state index in [4.69, 9.17) is 9.47 Å². The highest BCUT2D eigenvalue weighted by molar-refractivity contribution is 6.09. The summed E-state index contributed by atoms with van der Waals surface area (Å²) in [4.78, 5) is 26.4. The molecule has 2 aromatic carbocycles. The highest BCUT2D eigenvalue weighted by atomic mass is 19.1. The van der Waals surface area contributed by atoms with Gasteiger partial charge in [-0.2, -0.15) is 0 Å². The fourth-order valence-electron chi connectivity index (χ4n) is 2.75. The molecule has 1 amide bonds. The molecule has 0 N–H and O–H groups in total. The van der Waals surface area contributed by atoms with Crippen LogP contribution in [0.1, 0.15) is 22.8 Å². The number of benzene rings is 2. The Morgan fingerprint density at radius 2 is 1.54 bits per heavy atom. The number of ketones is 1. The number of hydrogen-bond acceptors (Lipinski definition) is 4. The minimum absolute atomic E-state index is 0.0836. The number of amides is 1. The molecule has 0 unspecified atom stereocenters. The summed E-state index contributed by atoms with van der Waals surface area (Å²) in [6.07, 6.45) is -0.619. The van der Waals surface area contributed by atoms with Gasteiger partial charge >= 0.3 is 0 Å². The Balaban J connectivity index is 1.62. The van der Waals surface area contributed by atoms with Crippen LogP contribution in [0.3, 0.4) is 0 Å². The summed E-state index contributed by atoms with van der Waals surface area (Å²) in [6, 6.07) is 12.0. The van der Waals surface area contributed by atoms with Gasteiger partial charge in [0.1, 0.15) is 11.6 Å². The largest absolute Gasteiger partial charge is 0.481 e. The van der Waals surface area contributed by atoms with Gasteiger partial charge in [0.15, 0.2) is 11.9 Å². The number of nitrogens with zero attached hydrogens (tertiary/aromatic N) is 1. The summed E-state index contributed by atoms with van der Waals surface area (Å²) in [6.45, 7) is 3.92. The second-order valence-corrected chi connectivity index (χ2v) is 6.06. The van der Waals surface area contributed by atoms with Crippen molar-refractivity contribution in [2.24, 2.45) is 0 Å². The highest BCUT2D eigenvalue weighted by Crippen LogP contribution is 2.18. The van der Waals surface area contributed by atoms with Crippen molar-refractivity contribution in [3.8, 4) is 5.75 Å². The predicted molar refractivity (Wildman–Crippen MR) is 93.8 cm³/mol. The molecule has 2 aromatic rings. The fraction of sp³-hybridized carbons (Fsp3) is 0.300. The average molecular weight is 357 g/mol. The van der Waals surface area contributed by atoms with Crippen molar-refractivity contribution in [2.45, 2.75) is 13.0 Å². The van der Waals surface area contributed by atoms with Gasteiger partial charge in [0.25, 0.3) is 5.91 Å². The number of morpholine rings is 1. The second-order valence-electron chi connectivity index (χ2n) is 6.06. The lowest BCUT2D eigenvalue weighted by Gasteiger charge is -2.29. The molecule has 1 aliphatic heterocycles. The standard InChI is InChI=1S/C20H20FNO4/c1-14(20(24)22-10-12-25-13-11-22)26-18-8-4-16(5-9-18)19(23)15-2-6-17(21)7-3-15/h2-9,14H,10-13H2,1H3/t14-/m0/s1. The van der Waals surface area contributed by atoms with E-state index in [1.54, 1.807) is 36.1 Å². The van der Waals surface area contributed by atoms with E-state index in [1.807, 2.05) is 0 Å². The molecular formula is C20H20FNO4. The third kappa shape index (κ3) is 4.26. The number of ether oxygens (including phenoxy) is 2. The third-order valence-corrected chi connectivity index (χ3v) is 4.21. The predicted octanol–water partition coefficient (Wildman–Crippen LogP) is 2.68. The quantitative estimate of drug-likeness (QED) is 0.772. The first-order valence-electron chi connectivity index (χ1n) is 8.48. The highest BCUT2D eigenvalue weighted by Gasteiger charge is 2.23. The van der Waals surface area contributed by atoms with Crippen LogP contribution in [0.15, 0.2) is 48.5 Å². The molecule has 0 aliphatic carbocycles. The maximum atomic E-state index is 13.0. The number of carbonyl (C=O) groups excluding carboxylic acids is 2.